The van der Waals surface area contributed by atoms with E-state index in [1.54, 1.807) is 37.3 Å². The number of amides is 2. The second kappa shape index (κ2) is 10.4. The molecule has 0 unspecified atom stereocenters. The molecule has 1 heterocycles. The summed E-state index contributed by atoms with van der Waals surface area (Å²) in [7, 11) is -0.314. The fourth-order valence-electron chi connectivity index (χ4n) is 6.72. The van der Waals surface area contributed by atoms with Gasteiger partial charge in [-0.1, -0.05) is 42.0 Å². The van der Waals surface area contributed by atoms with Gasteiger partial charge in [-0.2, -0.15) is 0 Å². The second-order valence-electron chi connectivity index (χ2n) is 11.0. The van der Waals surface area contributed by atoms with E-state index < -0.39 is 36.7 Å². The molecule has 2 aromatic rings. The van der Waals surface area contributed by atoms with Crippen molar-refractivity contribution < 1.29 is 39.1 Å². The number of carbonyl (C=O) groups is 4. The van der Waals surface area contributed by atoms with E-state index in [0.29, 0.717) is 22.3 Å². The summed E-state index contributed by atoms with van der Waals surface area (Å²) in [4.78, 5) is 55.3. The van der Waals surface area contributed by atoms with Crippen LogP contribution in [-0.4, -0.2) is 52.8 Å². The van der Waals surface area contributed by atoms with Crippen molar-refractivity contribution in [3.05, 3.63) is 88.5 Å². The van der Waals surface area contributed by atoms with E-state index in [9.17, 15) is 34.3 Å². The number of aromatic hydroxyl groups is 1. The number of fused-ring (bicyclic) bond motifs is 3. The summed E-state index contributed by atoms with van der Waals surface area (Å²) >= 11 is 0. The third-order valence-corrected chi connectivity index (χ3v) is 8.72. The molecule has 3 aliphatic carbocycles. The Morgan fingerprint density at radius 2 is 1.81 bits per heavy atom. The molecule has 2 aromatic carbocycles. The Morgan fingerprint density at radius 1 is 1.02 bits per heavy atom. The van der Waals surface area contributed by atoms with Gasteiger partial charge in [0.25, 0.3) is 0 Å². The molecular weight excluding hydrogens is 537 g/mol. The zero-order valence-electron chi connectivity index (χ0n) is 23.0. The predicted molar refractivity (Wildman–Crippen MR) is 155 cm³/mol. The largest absolute Gasteiger partial charge is 0.504 e. The lowest BCUT2D eigenvalue weighted by molar-refractivity contribution is -0.123. The Kier molecular flexibility index (Phi) is 6.83. The van der Waals surface area contributed by atoms with Gasteiger partial charge in [0.05, 0.1) is 24.6 Å². The first-order valence-electron chi connectivity index (χ1n) is 13.7. The minimum absolute atomic E-state index is 0.0137. The molecule has 1 aliphatic heterocycles. The van der Waals surface area contributed by atoms with Gasteiger partial charge in [-0.25, -0.2) is 0 Å². The smallest absolute Gasteiger partial charge is 0.488 e. The molecule has 212 valence electrons. The maximum atomic E-state index is 14.0. The van der Waals surface area contributed by atoms with Crippen LogP contribution in [0.15, 0.2) is 83.0 Å². The first-order valence-corrected chi connectivity index (χ1v) is 13.7. The molecule has 1 fully saturated rings. The Morgan fingerprint density at radius 3 is 2.55 bits per heavy atom. The number of allylic oxidation sites excluding steroid dienone is 7. The molecule has 9 nitrogen and oxygen atoms in total. The Labute approximate surface area is 242 Å². The molecule has 2 amide bonds. The van der Waals surface area contributed by atoms with Gasteiger partial charge in [-0.15, -0.1) is 0 Å². The molecular formula is C32H28BNO8. The molecule has 0 bridgehead atoms. The monoisotopic (exact) mass is 565 g/mol. The molecule has 0 spiro atoms. The van der Waals surface area contributed by atoms with Crippen LogP contribution in [-0.2, 0) is 19.2 Å². The van der Waals surface area contributed by atoms with Gasteiger partial charge in [-0.3, -0.25) is 24.1 Å². The standard InChI is InChI=1S/C32H28BNO8/c1-16-12-26(36)24-15-23-20(21(28(24)30(16)37)8-6-17-7-11-25(35)27(13-17)42-2)9-10-22-29(23)32(39)34(31(22)38)19-5-3-4-18(14-19)33(40)41/h3-9,11-14,21-23,29,35,40-41H,10,15H2,1-2H3/t21-,22-,23+,29-/m0/s1. The van der Waals surface area contributed by atoms with Crippen molar-refractivity contribution in [1.29, 1.82) is 0 Å². The Bertz CT molecular complexity index is 1680. The normalized spacial score (nSPS) is 25.3. The summed E-state index contributed by atoms with van der Waals surface area (Å²) < 4.78 is 5.22. The van der Waals surface area contributed by atoms with Crippen LogP contribution in [0.3, 0.4) is 0 Å². The third-order valence-electron chi connectivity index (χ3n) is 8.72. The summed E-state index contributed by atoms with van der Waals surface area (Å²) in [5.41, 5.74) is 3.02. The van der Waals surface area contributed by atoms with E-state index in [0.717, 1.165) is 10.5 Å². The van der Waals surface area contributed by atoms with Crippen LogP contribution in [0.25, 0.3) is 6.08 Å². The van der Waals surface area contributed by atoms with E-state index in [4.69, 9.17) is 4.74 Å². The minimum Gasteiger partial charge on any atom is -0.504 e. The maximum absolute atomic E-state index is 14.0. The lowest BCUT2D eigenvalue weighted by Crippen LogP contribution is -2.40. The van der Waals surface area contributed by atoms with Crippen molar-refractivity contribution in [2.75, 3.05) is 12.0 Å². The first kappa shape index (κ1) is 27.6. The number of imide groups is 1. The van der Waals surface area contributed by atoms with Crippen molar-refractivity contribution in [3.8, 4) is 11.5 Å². The number of hydrogen-bond donors (Lipinski definition) is 3. The number of methoxy groups -OCH3 is 1. The first-order chi connectivity index (χ1) is 20.1. The highest BCUT2D eigenvalue weighted by molar-refractivity contribution is 6.58. The zero-order valence-corrected chi connectivity index (χ0v) is 23.0. The lowest BCUT2D eigenvalue weighted by Gasteiger charge is -2.41. The average molecular weight is 565 g/mol. The molecule has 6 rings (SSSR count). The number of Topliss-reactive ketones (excluding diaryl/α,β-unsaturated/α-hetero) is 1. The van der Waals surface area contributed by atoms with E-state index in [1.807, 2.05) is 12.2 Å². The summed E-state index contributed by atoms with van der Waals surface area (Å²) in [6.45, 7) is 1.61. The molecule has 0 aromatic heterocycles. The fraction of sp³-hybridized carbons (Fsp3) is 0.250. The van der Waals surface area contributed by atoms with E-state index >= 15 is 0 Å². The number of nitrogens with zero attached hydrogens (tertiary/aromatic N) is 1. The van der Waals surface area contributed by atoms with E-state index in [2.05, 4.69) is 0 Å². The number of ether oxygens (including phenoxy) is 1. The van der Waals surface area contributed by atoms with Crippen molar-refractivity contribution in [2.45, 2.75) is 19.8 Å². The van der Waals surface area contributed by atoms with Crippen molar-refractivity contribution in [3.63, 3.8) is 0 Å². The number of benzene rings is 2. The topological polar surface area (TPSA) is 141 Å². The van der Waals surface area contributed by atoms with Gasteiger partial charge in [0.15, 0.2) is 23.1 Å². The van der Waals surface area contributed by atoms with Crippen molar-refractivity contribution in [1.82, 2.24) is 0 Å². The Hall–Kier alpha value is -4.54. The quantitative estimate of drug-likeness (QED) is 0.217. The number of phenolic OH excluding ortho intramolecular Hbond substituents is 1. The van der Waals surface area contributed by atoms with Crippen molar-refractivity contribution >= 4 is 47.7 Å². The maximum Gasteiger partial charge on any atom is 0.488 e. The Balaban J connectivity index is 1.42. The summed E-state index contributed by atoms with van der Waals surface area (Å²) in [6.07, 6.45) is 7.33. The zero-order chi connectivity index (χ0) is 29.9. The highest BCUT2D eigenvalue weighted by Gasteiger charge is 2.56. The van der Waals surface area contributed by atoms with Crippen LogP contribution in [0.4, 0.5) is 5.69 Å². The van der Waals surface area contributed by atoms with Gasteiger partial charge in [-0.05, 0) is 67.1 Å². The fourth-order valence-corrected chi connectivity index (χ4v) is 6.72. The van der Waals surface area contributed by atoms with Crippen molar-refractivity contribution in [2.24, 2.45) is 23.7 Å². The molecule has 4 aliphatic rings. The van der Waals surface area contributed by atoms with Gasteiger partial charge in [0.1, 0.15) is 0 Å². The molecule has 3 N–H and O–H groups in total. The van der Waals surface area contributed by atoms with Gasteiger partial charge in [0, 0.05) is 22.6 Å². The molecule has 0 saturated carbocycles. The summed E-state index contributed by atoms with van der Waals surface area (Å²) in [5.74, 6) is -3.48. The third kappa shape index (κ3) is 4.35. The minimum atomic E-state index is -1.76. The molecule has 10 heteroatoms. The number of ketones is 2. The number of hydrogen-bond acceptors (Lipinski definition) is 8. The van der Waals surface area contributed by atoms with Crippen LogP contribution in [0.5, 0.6) is 11.5 Å². The van der Waals surface area contributed by atoms with Crippen LogP contribution in [0, 0.1) is 23.7 Å². The lowest BCUT2D eigenvalue weighted by atomic mass is 9.60. The summed E-state index contributed by atoms with van der Waals surface area (Å²) in [6, 6.07) is 10.9. The van der Waals surface area contributed by atoms with Crippen LogP contribution < -0.4 is 15.1 Å². The number of rotatable bonds is 5. The highest BCUT2D eigenvalue weighted by Crippen LogP contribution is 2.53. The summed E-state index contributed by atoms with van der Waals surface area (Å²) in [5, 5.41) is 29.2. The number of carbonyl (C=O) groups excluding carboxylic acids is 4. The van der Waals surface area contributed by atoms with Crippen LogP contribution in [0.2, 0.25) is 0 Å². The van der Waals surface area contributed by atoms with E-state index in [-0.39, 0.29) is 53.0 Å². The number of anilines is 1. The molecule has 4 atom stereocenters. The predicted octanol–water partition coefficient (Wildman–Crippen LogP) is 2.26. The SMILES string of the molecule is COc1cc(C=C[C@H]2C3=CC[C@@H]4C(=O)N(c5cccc(B(O)O)c5)C(=O)[C@@H]4[C@@H]3CC3=C2C(=O)C(C)=CC3=O)ccc1O. The molecule has 42 heavy (non-hydrogen) atoms. The van der Waals surface area contributed by atoms with Gasteiger partial charge < -0.3 is 19.9 Å². The van der Waals surface area contributed by atoms with Gasteiger partial charge in [0.2, 0.25) is 11.8 Å². The molecule has 1 saturated heterocycles. The second-order valence-corrected chi connectivity index (χ2v) is 11.0. The highest BCUT2D eigenvalue weighted by atomic mass is 16.5. The number of phenols is 1. The van der Waals surface area contributed by atoms with E-state index in [1.165, 1.54) is 31.4 Å². The van der Waals surface area contributed by atoms with Gasteiger partial charge >= 0.3 is 7.12 Å². The van der Waals surface area contributed by atoms with Crippen LogP contribution >= 0.6 is 0 Å². The van der Waals surface area contributed by atoms with Crippen LogP contribution in [0.1, 0.15) is 25.3 Å². The average Bonchev–Trinajstić information content (AvgIpc) is 3.24. The molecule has 0 radical (unpaired) electrons.